The number of rotatable bonds is 4. The maximum absolute atomic E-state index is 4.21. The second-order valence-corrected chi connectivity index (χ2v) is 5.73. The highest BCUT2D eigenvalue weighted by atomic mass is 15.1. The van der Waals surface area contributed by atoms with Crippen LogP contribution in [0.15, 0.2) is 12.3 Å². The molecule has 1 rings (SSSR count). The monoisotopic (exact) mass is 209 g/mol. The summed E-state index contributed by atoms with van der Waals surface area (Å²) >= 11 is 0. The van der Waals surface area contributed by atoms with Gasteiger partial charge in [-0.25, -0.2) is 0 Å². The van der Waals surface area contributed by atoms with Crippen molar-refractivity contribution in [3.63, 3.8) is 0 Å². The zero-order chi connectivity index (χ0) is 11.4. The molecule has 0 aromatic heterocycles. The third-order valence-corrected chi connectivity index (χ3v) is 3.57. The van der Waals surface area contributed by atoms with Crippen LogP contribution in [-0.4, -0.2) is 18.0 Å². The summed E-state index contributed by atoms with van der Waals surface area (Å²) in [6.45, 7) is 15.9. The van der Waals surface area contributed by atoms with Crippen LogP contribution in [0.25, 0.3) is 0 Å². The van der Waals surface area contributed by atoms with Crippen LogP contribution < -0.4 is 0 Å². The molecule has 15 heavy (non-hydrogen) atoms. The van der Waals surface area contributed by atoms with Gasteiger partial charge in [-0.05, 0) is 37.0 Å². The zero-order valence-corrected chi connectivity index (χ0v) is 10.9. The Morgan fingerprint density at radius 2 is 1.73 bits per heavy atom. The Morgan fingerprint density at radius 1 is 1.20 bits per heavy atom. The Morgan fingerprint density at radius 3 is 2.13 bits per heavy atom. The Balaban J connectivity index is 2.34. The highest BCUT2D eigenvalue weighted by Crippen LogP contribution is 2.27. The van der Waals surface area contributed by atoms with Gasteiger partial charge in [-0.1, -0.05) is 34.3 Å². The smallest absolute Gasteiger partial charge is 0.0177 e. The van der Waals surface area contributed by atoms with Gasteiger partial charge in [0.1, 0.15) is 0 Å². The molecule has 0 saturated carbocycles. The Bertz CT molecular complexity index is 197. The summed E-state index contributed by atoms with van der Waals surface area (Å²) in [6, 6.07) is 0. The fourth-order valence-electron chi connectivity index (χ4n) is 2.48. The lowest BCUT2D eigenvalue weighted by Crippen LogP contribution is -2.34. The molecule has 0 radical (unpaired) electrons. The van der Waals surface area contributed by atoms with Crippen molar-refractivity contribution in [3.8, 4) is 0 Å². The molecule has 1 heteroatoms. The normalized spacial score (nSPS) is 18.9. The summed E-state index contributed by atoms with van der Waals surface area (Å²) in [5.74, 6) is 2.53. The van der Waals surface area contributed by atoms with Crippen LogP contribution in [-0.2, 0) is 0 Å². The van der Waals surface area contributed by atoms with Crippen LogP contribution in [0.5, 0.6) is 0 Å². The highest BCUT2D eigenvalue weighted by Gasteiger charge is 2.22. The highest BCUT2D eigenvalue weighted by molar-refractivity contribution is 4.96. The molecule has 0 unspecified atom stereocenters. The molecule has 0 N–H and O–H groups in total. The van der Waals surface area contributed by atoms with Crippen molar-refractivity contribution in [3.05, 3.63) is 12.3 Å². The summed E-state index contributed by atoms with van der Waals surface area (Å²) in [5.41, 5.74) is 1.35. The van der Waals surface area contributed by atoms with E-state index in [1.165, 1.54) is 31.6 Å². The number of hydrogen-bond donors (Lipinski definition) is 0. The maximum atomic E-state index is 4.21. The molecular weight excluding hydrogens is 182 g/mol. The first-order chi connectivity index (χ1) is 7.00. The molecule has 0 aliphatic carbocycles. The lowest BCUT2D eigenvalue weighted by Gasteiger charge is -2.36. The van der Waals surface area contributed by atoms with Crippen molar-refractivity contribution in [2.45, 2.75) is 47.0 Å². The first kappa shape index (κ1) is 12.6. The summed E-state index contributed by atoms with van der Waals surface area (Å²) in [5, 5.41) is 0. The van der Waals surface area contributed by atoms with Crippen molar-refractivity contribution in [1.29, 1.82) is 0 Å². The number of hydrogen-bond acceptors (Lipinski definition) is 1. The van der Waals surface area contributed by atoms with Gasteiger partial charge in [-0.3, -0.25) is 0 Å². The van der Waals surface area contributed by atoms with Gasteiger partial charge in [0.15, 0.2) is 0 Å². The topological polar surface area (TPSA) is 3.24 Å². The van der Waals surface area contributed by atoms with Gasteiger partial charge in [0, 0.05) is 18.8 Å². The lowest BCUT2D eigenvalue weighted by atomic mass is 9.86. The molecular formula is C14H27N. The van der Waals surface area contributed by atoms with Crippen molar-refractivity contribution < 1.29 is 0 Å². The van der Waals surface area contributed by atoms with E-state index in [0.717, 1.165) is 24.2 Å². The lowest BCUT2D eigenvalue weighted by molar-refractivity contribution is 0.184. The molecule has 0 spiro atoms. The molecule has 0 bridgehead atoms. The summed E-state index contributed by atoms with van der Waals surface area (Å²) in [6.07, 6.45) is 3.87. The van der Waals surface area contributed by atoms with Crippen LogP contribution in [0, 0.1) is 17.8 Å². The minimum atomic E-state index is 0.736. The molecule has 1 nitrogen and oxygen atoms in total. The van der Waals surface area contributed by atoms with Crippen LogP contribution in [0.4, 0.5) is 0 Å². The maximum Gasteiger partial charge on any atom is 0.0177 e. The number of likely N-dealkylation sites (tertiary alicyclic amines) is 1. The Labute approximate surface area is 95.5 Å². The first-order valence-electron chi connectivity index (χ1n) is 6.43. The SMILES string of the molecule is C=C(CC(C)C)N1CCC(C(C)C)CC1. The average Bonchev–Trinajstić information content (AvgIpc) is 2.17. The van der Waals surface area contributed by atoms with Crippen LogP contribution in [0.1, 0.15) is 47.0 Å². The number of nitrogens with zero attached hydrogens (tertiary/aromatic N) is 1. The van der Waals surface area contributed by atoms with Gasteiger partial charge in [-0.2, -0.15) is 0 Å². The fourth-order valence-corrected chi connectivity index (χ4v) is 2.48. The molecule has 0 aromatic carbocycles. The van der Waals surface area contributed by atoms with E-state index in [9.17, 15) is 0 Å². The average molecular weight is 209 g/mol. The molecule has 0 atom stereocenters. The Hall–Kier alpha value is -0.460. The quantitative estimate of drug-likeness (QED) is 0.678. The summed E-state index contributed by atoms with van der Waals surface area (Å²) < 4.78 is 0. The standard InChI is InChI=1S/C14H27N/c1-11(2)10-13(5)15-8-6-14(7-9-15)12(3)4/h11-12,14H,5-10H2,1-4H3. The molecule has 1 fully saturated rings. The second-order valence-electron chi connectivity index (χ2n) is 5.73. The van der Waals surface area contributed by atoms with E-state index >= 15 is 0 Å². The van der Waals surface area contributed by atoms with Crippen LogP contribution in [0.2, 0.25) is 0 Å². The molecule has 1 aliphatic heterocycles. The van der Waals surface area contributed by atoms with Gasteiger partial charge in [0.25, 0.3) is 0 Å². The van der Waals surface area contributed by atoms with E-state index in [4.69, 9.17) is 0 Å². The van der Waals surface area contributed by atoms with Crippen molar-refractivity contribution in [2.24, 2.45) is 17.8 Å². The predicted octanol–water partition coefficient (Wildman–Crippen LogP) is 3.91. The summed E-state index contributed by atoms with van der Waals surface area (Å²) in [7, 11) is 0. The van der Waals surface area contributed by atoms with Crippen molar-refractivity contribution >= 4 is 0 Å². The van der Waals surface area contributed by atoms with Gasteiger partial charge >= 0.3 is 0 Å². The zero-order valence-electron chi connectivity index (χ0n) is 10.9. The minimum Gasteiger partial charge on any atom is -0.375 e. The van der Waals surface area contributed by atoms with E-state index < -0.39 is 0 Å². The Kier molecular flexibility index (Phi) is 4.69. The van der Waals surface area contributed by atoms with Crippen molar-refractivity contribution in [1.82, 2.24) is 4.90 Å². The van der Waals surface area contributed by atoms with E-state index in [2.05, 4.69) is 39.2 Å². The summed E-state index contributed by atoms with van der Waals surface area (Å²) in [4.78, 5) is 2.50. The van der Waals surface area contributed by atoms with E-state index in [-0.39, 0.29) is 0 Å². The van der Waals surface area contributed by atoms with Gasteiger partial charge < -0.3 is 4.90 Å². The molecule has 1 saturated heterocycles. The number of allylic oxidation sites excluding steroid dienone is 1. The molecule has 0 aromatic rings. The van der Waals surface area contributed by atoms with E-state index in [1.807, 2.05) is 0 Å². The first-order valence-corrected chi connectivity index (χ1v) is 6.43. The molecule has 88 valence electrons. The second kappa shape index (κ2) is 5.58. The third-order valence-electron chi connectivity index (χ3n) is 3.57. The van der Waals surface area contributed by atoms with Gasteiger partial charge in [0.2, 0.25) is 0 Å². The van der Waals surface area contributed by atoms with Crippen LogP contribution in [0.3, 0.4) is 0 Å². The van der Waals surface area contributed by atoms with Gasteiger partial charge in [0.05, 0.1) is 0 Å². The molecule has 1 aliphatic rings. The molecule has 1 heterocycles. The predicted molar refractivity (Wildman–Crippen MR) is 67.7 cm³/mol. The largest absolute Gasteiger partial charge is 0.375 e. The van der Waals surface area contributed by atoms with Gasteiger partial charge in [-0.15, -0.1) is 0 Å². The van der Waals surface area contributed by atoms with E-state index in [1.54, 1.807) is 0 Å². The molecule has 0 amide bonds. The van der Waals surface area contributed by atoms with Crippen LogP contribution >= 0.6 is 0 Å². The fraction of sp³-hybridized carbons (Fsp3) is 0.857. The van der Waals surface area contributed by atoms with E-state index in [0.29, 0.717) is 0 Å². The van der Waals surface area contributed by atoms with Crippen molar-refractivity contribution in [2.75, 3.05) is 13.1 Å². The third kappa shape index (κ3) is 3.89. The minimum absolute atomic E-state index is 0.736. The number of piperidine rings is 1.